The highest BCUT2D eigenvalue weighted by atomic mass is 35.5. The zero-order chi connectivity index (χ0) is 13.9. The summed E-state index contributed by atoms with van der Waals surface area (Å²) in [6.07, 6.45) is 0. The van der Waals surface area contributed by atoms with Crippen LogP contribution in [0.4, 0.5) is 10.5 Å². The van der Waals surface area contributed by atoms with E-state index in [4.69, 9.17) is 16.7 Å². The predicted octanol–water partition coefficient (Wildman–Crippen LogP) is 2.91. The van der Waals surface area contributed by atoms with E-state index in [0.29, 0.717) is 5.69 Å². The van der Waals surface area contributed by atoms with Crippen LogP contribution in [0.15, 0.2) is 18.2 Å². The topological polar surface area (TPSA) is 69.6 Å². The normalized spacial score (nSPS) is 10.3. The highest BCUT2D eigenvalue weighted by molar-refractivity contribution is 6.33. The molecule has 0 aliphatic heterocycles. The Bertz CT molecular complexity index is 474. The highest BCUT2D eigenvalue weighted by Gasteiger charge is 2.14. The third-order valence-electron chi connectivity index (χ3n) is 2.54. The van der Waals surface area contributed by atoms with Gasteiger partial charge in [0.05, 0.1) is 10.6 Å². The number of nitrogens with zero attached hydrogens (tertiary/aromatic N) is 1. The average molecular weight is 271 g/mol. The van der Waals surface area contributed by atoms with Gasteiger partial charge in [-0.2, -0.15) is 0 Å². The summed E-state index contributed by atoms with van der Waals surface area (Å²) in [5.74, 6) is -1.13. The largest absolute Gasteiger partial charge is 0.478 e. The Kier molecular flexibility index (Phi) is 4.55. The van der Waals surface area contributed by atoms with Crippen LogP contribution in [-0.4, -0.2) is 35.1 Å². The van der Waals surface area contributed by atoms with Crippen molar-refractivity contribution >= 4 is 29.3 Å². The van der Waals surface area contributed by atoms with Crippen molar-refractivity contribution in [2.75, 3.05) is 12.4 Å². The number of halogens is 1. The molecule has 18 heavy (non-hydrogen) atoms. The first-order valence-electron chi connectivity index (χ1n) is 5.39. The minimum Gasteiger partial charge on any atom is -0.478 e. The molecule has 2 N–H and O–H groups in total. The van der Waals surface area contributed by atoms with Gasteiger partial charge in [-0.15, -0.1) is 0 Å². The molecule has 0 spiro atoms. The van der Waals surface area contributed by atoms with Crippen molar-refractivity contribution in [1.82, 2.24) is 4.90 Å². The fourth-order valence-electron chi connectivity index (χ4n) is 1.21. The number of anilines is 1. The van der Waals surface area contributed by atoms with E-state index in [-0.39, 0.29) is 22.7 Å². The van der Waals surface area contributed by atoms with Gasteiger partial charge in [0.15, 0.2) is 0 Å². The zero-order valence-electron chi connectivity index (χ0n) is 10.4. The lowest BCUT2D eigenvalue weighted by Crippen LogP contribution is -2.36. The maximum absolute atomic E-state index is 11.8. The molecule has 98 valence electrons. The summed E-state index contributed by atoms with van der Waals surface area (Å²) >= 11 is 5.74. The first-order chi connectivity index (χ1) is 8.32. The molecule has 2 amide bonds. The molecule has 5 nitrogen and oxygen atoms in total. The Labute approximate surface area is 110 Å². The van der Waals surface area contributed by atoms with Crippen molar-refractivity contribution in [3.05, 3.63) is 28.8 Å². The molecule has 1 aromatic carbocycles. The van der Waals surface area contributed by atoms with Crippen molar-refractivity contribution in [1.29, 1.82) is 0 Å². The molecule has 0 aliphatic rings. The standard InChI is InChI=1S/C12H15ClN2O3/c1-7(2)15(3)12(18)14-8-4-5-10(13)9(6-8)11(16)17/h4-7H,1-3H3,(H,14,18)(H,16,17). The van der Waals surface area contributed by atoms with Crippen molar-refractivity contribution in [3.8, 4) is 0 Å². The van der Waals surface area contributed by atoms with E-state index in [9.17, 15) is 9.59 Å². The molecule has 0 saturated heterocycles. The smallest absolute Gasteiger partial charge is 0.337 e. The van der Waals surface area contributed by atoms with Crippen LogP contribution in [0, 0.1) is 0 Å². The molecule has 0 aromatic heterocycles. The summed E-state index contributed by atoms with van der Waals surface area (Å²) < 4.78 is 0. The number of benzene rings is 1. The Morgan fingerprint density at radius 2 is 2.00 bits per heavy atom. The molecule has 0 saturated carbocycles. The first kappa shape index (κ1) is 14.3. The minimum absolute atomic E-state index is 0.0401. The fourth-order valence-corrected chi connectivity index (χ4v) is 1.41. The molecule has 0 radical (unpaired) electrons. The van der Waals surface area contributed by atoms with Crippen molar-refractivity contribution in [3.63, 3.8) is 0 Å². The summed E-state index contributed by atoms with van der Waals surface area (Å²) in [6.45, 7) is 3.76. The van der Waals surface area contributed by atoms with Crippen LogP contribution in [0.1, 0.15) is 24.2 Å². The molecule has 0 aliphatic carbocycles. The van der Waals surface area contributed by atoms with Crippen LogP contribution < -0.4 is 5.32 Å². The van der Waals surface area contributed by atoms with E-state index < -0.39 is 5.97 Å². The molecule has 0 heterocycles. The van der Waals surface area contributed by atoms with Gasteiger partial charge in [-0.1, -0.05) is 11.6 Å². The number of hydrogen-bond acceptors (Lipinski definition) is 2. The number of carboxylic acid groups (broad SMARTS) is 1. The molecule has 0 atom stereocenters. The number of amides is 2. The maximum Gasteiger partial charge on any atom is 0.337 e. The second-order valence-corrected chi connectivity index (χ2v) is 4.54. The fraction of sp³-hybridized carbons (Fsp3) is 0.333. The lowest BCUT2D eigenvalue weighted by Gasteiger charge is -2.21. The van der Waals surface area contributed by atoms with E-state index in [2.05, 4.69) is 5.32 Å². The van der Waals surface area contributed by atoms with Crippen LogP contribution in [0.3, 0.4) is 0 Å². The van der Waals surface area contributed by atoms with Crippen LogP contribution in [0.2, 0.25) is 5.02 Å². The number of rotatable bonds is 3. The van der Waals surface area contributed by atoms with Gasteiger partial charge in [0, 0.05) is 18.8 Å². The number of hydrogen-bond donors (Lipinski definition) is 2. The van der Waals surface area contributed by atoms with Crippen LogP contribution in [-0.2, 0) is 0 Å². The maximum atomic E-state index is 11.8. The van der Waals surface area contributed by atoms with Crippen LogP contribution >= 0.6 is 11.6 Å². The summed E-state index contributed by atoms with van der Waals surface area (Å²) in [4.78, 5) is 24.2. The Morgan fingerprint density at radius 1 is 1.39 bits per heavy atom. The van der Waals surface area contributed by atoms with E-state index in [0.717, 1.165) is 0 Å². The summed E-state index contributed by atoms with van der Waals surface area (Å²) in [5.41, 5.74) is 0.357. The summed E-state index contributed by atoms with van der Waals surface area (Å²) in [5, 5.41) is 11.7. The highest BCUT2D eigenvalue weighted by Crippen LogP contribution is 2.20. The molecule has 0 fully saturated rings. The van der Waals surface area contributed by atoms with Gasteiger partial charge in [-0.3, -0.25) is 0 Å². The van der Waals surface area contributed by atoms with E-state index in [1.165, 1.54) is 17.0 Å². The Morgan fingerprint density at radius 3 is 2.50 bits per heavy atom. The van der Waals surface area contributed by atoms with Crippen LogP contribution in [0.25, 0.3) is 0 Å². The van der Waals surface area contributed by atoms with Gasteiger partial charge in [0.25, 0.3) is 0 Å². The summed E-state index contributed by atoms with van der Waals surface area (Å²) in [6, 6.07) is 4.08. The molecule has 1 rings (SSSR count). The number of aromatic carboxylic acids is 1. The molecule has 6 heteroatoms. The minimum atomic E-state index is -1.13. The van der Waals surface area contributed by atoms with Crippen LogP contribution in [0.5, 0.6) is 0 Å². The molecular weight excluding hydrogens is 256 g/mol. The Hall–Kier alpha value is -1.75. The number of carbonyl (C=O) groups excluding carboxylic acids is 1. The first-order valence-corrected chi connectivity index (χ1v) is 5.77. The quantitative estimate of drug-likeness (QED) is 0.887. The van der Waals surface area contributed by atoms with Gasteiger partial charge >= 0.3 is 12.0 Å². The monoisotopic (exact) mass is 270 g/mol. The van der Waals surface area contributed by atoms with Crippen molar-refractivity contribution in [2.24, 2.45) is 0 Å². The van der Waals surface area contributed by atoms with Crippen molar-refractivity contribution in [2.45, 2.75) is 19.9 Å². The Balaban J connectivity index is 2.89. The molecule has 0 bridgehead atoms. The van der Waals surface area contributed by atoms with Gasteiger partial charge in [0.2, 0.25) is 0 Å². The van der Waals surface area contributed by atoms with Gasteiger partial charge < -0.3 is 15.3 Å². The molecular formula is C12H15ClN2O3. The third-order valence-corrected chi connectivity index (χ3v) is 2.87. The van der Waals surface area contributed by atoms with Crippen molar-refractivity contribution < 1.29 is 14.7 Å². The second kappa shape index (κ2) is 5.73. The average Bonchev–Trinajstić information content (AvgIpc) is 2.29. The summed E-state index contributed by atoms with van der Waals surface area (Å²) in [7, 11) is 1.66. The van der Waals surface area contributed by atoms with E-state index in [1.54, 1.807) is 13.1 Å². The third kappa shape index (κ3) is 3.37. The molecule has 0 unspecified atom stereocenters. The van der Waals surface area contributed by atoms with E-state index in [1.807, 2.05) is 13.8 Å². The van der Waals surface area contributed by atoms with Gasteiger partial charge in [0.1, 0.15) is 0 Å². The lowest BCUT2D eigenvalue weighted by atomic mass is 10.2. The SMILES string of the molecule is CC(C)N(C)C(=O)Nc1ccc(Cl)c(C(=O)O)c1. The number of carboxylic acids is 1. The number of carbonyl (C=O) groups is 2. The molecule has 1 aromatic rings. The van der Waals surface area contributed by atoms with Gasteiger partial charge in [-0.25, -0.2) is 9.59 Å². The zero-order valence-corrected chi connectivity index (χ0v) is 11.2. The van der Waals surface area contributed by atoms with E-state index >= 15 is 0 Å². The number of urea groups is 1. The second-order valence-electron chi connectivity index (χ2n) is 4.13. The number of nitrogens with one attached hydrogen (secondary N) is 1. The van der Waals surface area contributed by atoms with Gasteiger partial charge in [-0.05, 0) is 32.0 Å². The predicted molar refractivity (Wildman–Crippen MR) is 70.3 cm³/mol. The lowest BCUT2D eigenvalue weighted by molar-refractivity contribution is 0.0697.